The predicted octanol–water partition coefficient (Wildman–Crippen LogP) is 2.00. The second-order valence-electron chi connectivity index (χ2n) is 3.60. The molecule has 1 unspecified atom stereocenters. The summed E-state index contributed by atoms with van der Waals surface area (Å²) in [6, 6.07) is 0.0307. The van der Waals surface area contributed by atoms with Crippen molar-refractivity contribution in [2.45, 2.75) is 38.8 Å². The molecule has 2 heterocycles. The molecule has 2 N–H and O–H groups in total. The maximum Gasteiger partial charge on any atom is 0.127 e. The summed E-state index contributed by atoms with van der Waals surface area (Å²) in [6.07, 6.45) is 3.64. The average Bonchev–Trinajstić information content (AvgIpc) is 2.45. The van der Waals surface area contributed by atoms with Crippen LogP contribution < -0.4 is 5.73 Å². The molecule has 0 saturated carbocycles. The van der Waals surface area contributed by atoms with Crippen LogP contribution in [0, 0.1) is 0 Å². The van der Waals surface area contributed by atoms with Gasteiger partial charge in [0.15, 0.2) is 0 Å². The number of nitrogens with two attached hydrogens (primary N) is 1. The first-order chi connectivity index (χ1) is 6.20. The summed E-state index contributed by atoms with van der Waals surface area (Å²) >= 11 is 3.48. The van der Waals surface area contributed by atoms with E-state index in [2.05, 4.69) is 25.5 Å². The molecule has 0 amide bonds. The van der Waals surface area contributed by atoms with Crippen LogP contribution in [0.1, 0.15) is 37.3 Å². The van der Waals surface area contributed by atoms with E-state index < -0.39 is 0 Å². The average molecular weight is 244 g/mol. The topological polar surface area (TPSA) is 43.8 Å². The maximum absolute atomic E-state index is 5.85. The van der Waals surface area contributed by atoms with Gasteiger partial charge in [0.25, 0.3) is 0 Å². The molecule has 0 bridgehead atoms. The van der Waals surface area contributed by atoms with Gasteiger partial charge in [-0.15, -0.1) is 0 Å². The van der Waals surface area contributed by atoms with Crippen LogP contribution in [0.2, 0.25) is 0 Å². The molecule has 1 atom stereocenters. The molecule has 1 aromatic rings. The van der Waals surface area contributed by atoms with E-state index in [9.17, 15) is 0 Å². The Morgan fingerprint density at radius 1 is 1.54 bits per heavy atom. The molecule has 0 spiro atoms. The highest BCUT2D eigenvalue weighted by Crippen LogP contribution is 2.26. The van der Waals surface area contributed by atoms with Gasteiger partial charge >= 0.3 is 0 Å². The lowest BCUT2D eigenvalue weighted by atomic mass is 10.1. The van der Waals surface area contributed by atoms with E-state index in [1.807, 2.05) is 6.92 Å². The Morgan fingerprint density at radius 3 is 3.00 bits per heavy atom. The summed E-state index contributed by atoms with van der Waals surface area (Å²) in [7, 11) is 0. The second kappa shape index (κ2) is 3.42. The third-order valence-electron chi connectivity index (χ3n) is 2.51. The van der Waals surface area contributed by atoms with Crippen LogP contribution in [-0.4, -0.2) is 9.55 Å². The van der Waals surface area contributed by atoms with Gasteiger partial charge in [0.1, 0.15) is 10.4 Å². The number of nitrogens with zero attached hydrogens (tertiary/aromatic N) is 2. The lowest BCUT2D eigenvalue weighted by Crippen LogP contribution is -2.17. The first-order valence-corrected chi connectivity index (χ1v) is 5.50. The first-order valence-electron chi connectivity index (χ1n) is 4.70. The highest BCUT2D eigenvalue weighted by molar-refractivity contribution is 9.10. The van der Waals surface area contributed by atoms with E-state index in [4.69, 9.17) is 5.73 Å². The van der Waals surface area contributed by atoms with Crippen LogP contribution in [-0.2, 0) is 13.0 Å². The molecule has 1 aromatic heterocycles. The Hall–Kier alpha value is -0.350. The van der Waals surface area contributed by atoms with Gasteiger partial charge < -0.3 is 10.3 Å². The molecule has 0 aliphatic carbocycles. The van der Waals surface area contributed by atoms with Crippen molar-refractivity contribution in [3.8, 4) is 0 Å². The minimum atomic E-state index is 0.0307. The molecule has 0 aromatic carbocycles. The molecule has 1 aliphatic rings. The van der Waals surface area contributed by atoms with Crippen LogP contribution >= 0.6 is 15.9 Å². The van der Waals surface area contributed by atoms with Crippen molar-refractivity contribution in [3.05, 3.63) is 16.1 Å². The second-order valence-corrected chi connectivity index (χ2v) is 4.36. The number of imidazole rings is 1. The minimum Gasteiger partial charge on any atom is -0.330 e. The van der Waals surface area contributed by atoms with Crippen molar-refractivity contribution >= 4 is 15.9 Å². The smallest absolute Gasteiger partial charge is 0.127 e. The van der Waals surface area contributed by atoms with Crippen molar-refractivity contribution in [1.29, 1.82) is 0 Å². The predicted molar refractivity (Wildman–Crippen MR) is 55.5 cm³/mol. The quantitative estimate of drug-likeness (QED) is 0.821. The molecule has 4 heteroatoms. The summed E-state index contributed by atoms with van der Waals surface area (Å²) in [5.41, 5.74) is 7.17. The number of halogens is 1. The maximum atomic E-state index is 5.85. The molecule has 13 heavy (non-hydrogen) atoms. The summed E-state index contributed by atoms with van der Waals surface area (Å²) in [5, 5.41) is 0. The van der Waals surface area contributed by atoms with E-state index in [1.165, 1.54) is 18.5 Å². The molecule has 2 rings (SSSR count). The first kappa shape index (κ1) is 9.21. The zero-order valence-corrected chi connectivity index (χ0v) is 9.34. The summed E-state index contributed by atoms with van der Waals surface area (Å²) in [5.74, 6) is 1.02. The van der Waals surface area contributed by atoms with E-state index in [-0.39, 0.29) is 6.04 Å². The molecule has 0 fully saturated rings. The number of rotatable bonds is 1. The molecule has 1 aliphatic heterocycles. The van der Waals surface area contributed by atoms with Crippen LogP contribution in [0.15, 0.2) is 4.60 Å². The van der Waals surface area contributed by atoms with Crippen LogP contribution in [0.25, 0.3) is 0 Å². The van der Waals surface area contributed by atoms with E-state index in [1.54, 1.807) is 0 Å². The Bertz CT molecular complexity index is 317. The van der Waals surface area contributed by atoms with Gasteiger partial charge in [-0.25, -0.2) is 4.98 Å². The van der Waals surface area contributed by atoms with Gasteiger partial charge in [-0.1, -0.05) is 0 Å². The molecule has 0 radical (unpaired) electrons. The van der Waals surface area contributed by atoms with Crippen LogP contribution in [0.5, 0.6) is 0 Å². The molecular weight excluding hydrogens is 230 g/mol. The van der Waals surface area contributed by atoms with E-state index >= 15 is 0 Å². The molecule has 3 nitrogen and oxygen atoms in total. The van der Waals surface area contributed by atoms with Crippen molar-refractivity contribution in [2.24, 2.45) is 5.73 Å². The molecule has 0 saturated heterocycles. The number of hydrogen-bond donors (Lipinski definition) is 1. The Labute approximate surface area is 86.5 Å². The fraction of sp³-hybridized carbons (Fsp3) is 0.667. The number of hydrogen-bond acceptors (Lipinski definition) is 2. The SMILES string of the molecule is CC(N)c1nc(Br)c2n1CCCC2. The Morgan fingerprint density at radius 2 is 2.31 bits per heavy atom. The third kappa shape index (κ3) is 1.53. The fourth-order valence-corrected chi connectivity index (χ4v) is 2.47. The third-order valence-corrected chi connectivity index (χ3v) is 3.14. The minimum absolute atomic E-state index is 0.0307. The fourth-order valence-electron chi connectivity index (χ4n) is 1.87. The largest absolute Gasteiger partial charge is 0.330 e. The van der Waals surface area contributed by atoms with Gasteiger partial charge in [0.05, 0.1) is 11.7 Å². The standard InChI is InChI=1S/C9H14BrN3/c1-6(11)9-12-8(10)7-4-2-3-5-13(7)9/h6H,2-5,11H2,1H3. The zero-order chi connectivity index (χ0) is 9.42. The van der Waals surface area contributed by atoms with Gasteiger partial charge in [-0.05, 0) is 42.1 Å². The number of aromatic nitrogens is 2. The lowest BCUT2D eigenvalue weighted by Gasteiger charge is -2.17. The molecular formula is C9H14BrN3. The summed E-state index contributed by atoms with van der Waals surface area (Å²) < 4.78 is 3.25. The summed E-state index contributed by atoms with van der Waals surface area (Å²) in [6.45, 7) is 3.06. The van der Waals surface area contributed by atoms with E-state index in [0.29, 0.717) is 0 Å². The van der Waals surface area contributed by atoms with E-state index in [0.717, 1.165) is 23.4 Å². The highest BCUT2D eigenvalue weighted by atomic mass is 79.9. The van der Waals surface area contributed by atoms with Crippen LogP contribution in [0.4, 0.5) is 0 Å². The van der Waals surface area contributed by atoms with Gasteiger partial charge in [0.2, 0.25) is 0 Å². The van der Waals surface area contributed by atoms with Crippen molar-refractivity contribution in [1.82, 2.24) is 9.55 Å². The highest BCUT2D eigenvalue weighted by Gasteiger charge is 2.19. The van der Waals surface area contributed by atoms with Crippen molar-refractivity contribution in [3.63, 3.8) is 0 Å². The number of fused-ring (bicyclic) bond motifs is 1. The van der Waals surface area contributed by atoms with Crippen molar-refractivity contribution < 1.29 is 0 Å². The zero-order valence-electron chi connectivity index (χ0n) is 7.76. The monoisotopic (exact) mass is 243 g/mol. The lowest BCUT2D eigenvalue weighted by molar-refractivity contribution is 0.500. The van der Waals surface area contributed by atoms with Gasteiger partial charge in [-0.2, -0.15) is 0 Å². The van der Waals surface area contributed by atoms with Gasteiger partial charge in [0, 0.05) is 6.54 Å². The molecule has 72 valence electrons. The van der Waals surface area contributed by atoms with Crippen LogP contribution in [0.3, 0.4) is 0 Å². The summed E-state index contributed by atoms with van der Waals surface area (Å²) in [4.78, 5) is 4.45. The Balaban J connectivity index is 2.47. The Kier molecular flexibility index (Phi) is 2.43. The van der Waals surface area contributed by atoms with Gasteiger partial charge in [-0.3, -0.25) is 0 Å². The normalized spacial score (nSPS) is 18.4. The van der Waals surface area contributed by atoms with Crippen molar-refractivity contribution in [2.75, 3.05) is 0 Å².